The molecule has 0 atom stereocenters. The third-order valence-corrected chi connectivity index (χ3v) is 4.32. The Bertz CT molecular complexity index is 971. The number of rotatable bonds is 6. The van der Waals surface area contributed by atoms with Gasteiger partial charge < -0.3 is 19.2 Å². The summed E-state index contributed by atoms with van der Waals surface area (Å²) in [5.41, 5.74) is 0.442. The molecule has 0 aliphatic heterocycles. The van der Waals surface area contributed by atoms with Crippen molar-refractivity contribution in [3.05, 3.63) is 75.1 Å². The minimum absolute atomic E-state index is 0.106. The molecule has 1 amide bonds. The van der Waals surface area contributed by atoms with Crippen molar-refractivity contribution in [1.29, 1.82) is 0 Å². The Morgan fingerprint density at radius 3 is 2.41 bits per heavy atom. The zero-order chi connectivity index (χ0) is 19.4. The van der Waals surface area contributed by atoms with Gasteiger partial charge >= 0.3 is 0 Å². The Hall–Kier alpha value is -2.34. The summed E-state index contributed by atoms with van der Waals surface area (Å²) in [4.78, 5) is 12.4. The Balaban J connectivity index is 1.66. The number of hydrogen-bond acceptors (Lipinski definition) is 4. The maximum atomic E-state index is 12.4. The summed E-state index contributed by atoms with van der Waals surface area (Å²) in [5, 5.41) is 4.08. The van der Waals surface area contributed by atoms with E-state index in [4.69, 9.17) is 48.7 Å². The van der Waals surface area contributed by atoms with Gasteiger partial charge in [0.05, 0.1) is 17.8 Å². The molecule has 140 valence electrons. The lowest BCUT2D eigenvalue weighted by molar-refractivity contribution is 0.0992. The minimum Gasteiger partial charge on any atom is -0.495 e. The number of hydrogen-bond donors (Lipinski definition) is 1. The van der Waals surface area contributed by atoms with Crippen molar-refractivity contribution in [2.24, 2.45) is 0 Å². The summed E-state index contributed by atoms with van der Waals surface area (Å²) in [6.07, 6.45) is 0. The first-order valence-corrected chi connectivity index (χ1v) is 8.91. The van der Waals surface area contributed by atoms with Crippen molar-refractivity contribution in [3.63, 3.8) is 0 Å². The molecule has 0 spiro atoms. The highest BCUT2D eigenvalue weighted by atomic mass is 35.5. The number of anilines is 1. The zero-order valence-corrected chi connectivity index (χ0v) is 16.4. The number of benzene rings is 2. The topological polar surface area (TPSA) is 60.7 Å². The van der Waals surface area contributed by atoms with Gasteiger partial charge in [-0.15, -0.1) is 0 Å². The second-order valence-electron chi connectivity index (χ2n) is 5.43. The zero-order valence-electron chi connectivity index (χ0n) is 14.1. The van der Waals surface area contributed by atoms with Crippen LogP contribution in [0.3, 0.4) is 0 Å². The van der Waals surface area contributed by atoms with Crippen LogP contribution in [0.1, 0.15) is 16.3 Å². The van der Waals surface area contributed by atoms with E-state index >= 15 is 0 Å². The molecular formula is C19H14Cl3NO4. The van der Waals surface area contributed by atoms with Gasteiger partial charge in [-0.3, -0.25) is 4.79 Å². The molecule has 1 heterocycles. The van der Waals surface area contributed by atoms with Crippen molar-refractivity contribution in [1.82, 2.24) is 0 Å². The molecule has 0 radical (unpaired) electrons. The first-order chi connectivity index (χ1) is 13.0. The van der Waals surface area contributed by atoms with Gasteiger partial charge in [0.15, 0.2) is 5.76 Å². The standard InChI is InChI=1S/C19H14Cl3NO4/c1-25-17-6-3-12(21)9-15(17)23-19(24)18-7-4-13(27-18)10-26-16-5-2-11(20)8-14(16)22/h2-9H,10H2,1H3,(H,23,24). The second kappa shape index (κ2) is 8.57. The van der Waals surface area contributed by atoms with Crippen LogP contribution in [0.15, 0.2) is 52.9 Å². The van der Waals surface area contributed by atoms with E-state index in [1.165, 1.54) is 7.11 Å². The molecule has 3 rings (SSSR count). The van der Waals surface area contributed by atoms with Crippen LogP contribution in [0.5, 0.6) is 11.5 Å². The second-order valence-corrected chi connectivity index (χ2v) is 6.71. The molecular weight excluding hydrogens is 413 g/mol. The fraction of sp³-hybridized carbons (Fsp3) is 0.105. The van der Waals surface area contributed by atoms with Crippen molar-refractivity contribution < 1.29 is 18.7 Å². The van der Waals surface area contributed by atoms with Crippen LogP contribution in [0.25, 0.3) is 0 Å². The van der Waals surface area contributed by atoms with Gasteiger partial charge in [-0.25, -0.2) is 0 Å². The fourth-order valence-electron chi connectivity index (χ4n) is 2.28. The van der Waals surface area contributed by atoms with Crippen LogP contribution < -0.4 is 14.8 Å². The predicted molar refractivity (Wildman–Crippen MR) is 105 cm³/mol. The number of furan rings is 1. The quantitative estimate of drug-likeness (QED) is 0.519. The lowest BCUT2D eigenvalue weighted by Crippen LogP contribution is -2.11. The maximum Gasteiger partial charge on any atom is 0.291 e. The van der Waals surface area contributed by atoms with E-state index < -0.39 is 5.91 Å². The van der Waals surface area contributed by atoms with Crippen LogP contribution in [0.4, 0.5) is 5.69 Å². The predicted octanol–water partition coefficient (Wildman–Crippen LogP) is 6.08. The van der Waals surface area contributed by atoms with Gasteiger partial charge in [0, 0.05) is 10.0 Å². The molecule has 0 unspecified atom stereocenters. The van der Waals surface area contributed by atoms with E-state index in [0.717, 1.165) is 0 Å². The molecule has 1 aromatic heterocycles. The first-order valence-electron chi connectivity index (χ1n) is 7.77. The molecule has 0 aliphatic rings. The van der Waals surface area contributed by atoms with Crippen molar-refractivity contribution in [2.45, 2.75) is 6.61 Å². The van der Waals surface area contributed by atoms with Gasteiger partial charge in [-0.2, -0.15) is 0 Å². The average molecular weight is 427 g/mol. The number of carbonyl (C=O) groups excluding carboxylic acids is 1. The minimum atomic E-state index is -0.439. The largest absolute Gasteiger partial charge is 0.495 e. The van der Waals surface area contributed by atoms with Gasteiger partial charge in [-0.1, -0.05) is 34.8 Å². The monoisotopic (exact) mass is 425 g/mol. The summed E-state index contributed by atoms with van der Waals surface area (Å²) < 4.78 is 16.3. The van der Waals surface area contributed by atoms with Gasteiger partial charge in [0.1, 0.15) is 23.9 Å². The van der Waals surface area contributed by atoms with Crippen LogP contribution in [-0.2, 0) is 6.61 Å². The van der Waals surface area contributed by atoms with Gasteiger partial charge in [-0.05, 0) is 48.5 Å². The Morgan fingerprint density at radius 1 is 1.00 bits per heavy atom. The first kappa shape index (κ1) is 19.4. The summed E-state index contributed by atoms with van der Waals surface area (Å²) in [7, 11) is 1.50. The third kappa shape index (κ3) is 4.89. The number of methoxy groups -OCH3 is 1. The summed E-state index contributed by atoms with van der Waals surface area (Å²) in [6, 6.07) is 13.0. The highest BCUT2D eigenvalue weighted by Gasteiger charge is 2.15. The average Bonchev–Trinajstić information content (AvgIpc) is 3.10. The molecule has 0 bridgehead atoms. The van der Waals surface area contributed by atoms with Crippen LogP contribution in [0, 0.1) is 0 Å². The van der Waals surface area contributed by atoms with Crippen LogP contribution in [-0.4, -0.2) is 13.0 Å². The number of halogens is 3. The van der Waals surface area contributed by atoms with Crippen LogP contribution in [0.2, 0.25) is 15.1 Å². The number of nitrogens with one attached hydrogen (secondary N) is 1. The molecule has 0 saturated carbocycles. The molecule has 2 aromatic carbocycles. The lowest BCUT2D eigenvalue weighted by atomic mass is 10.3. The van der Waals surface area contributed by atoms with E-state index in [9.17, 15) is 4.79 Å². The number of ether oxygens (including phenoxy) is 2. The lowest BCUT2D eigenvalue weighted by Gasteiger charge is -2.09. The van der Waals surface area contributed by atoms with E-state index in [1.807, 2.05) is 0 Å². The Morgan fingerprint density at radius 2 is 1.70 bits per heavy atom. The molecule has 0 fully saturated rings. The number of amides is 1. The maximum absolute atomic E-state index is 12.4. The summed E-state index contributed by atoms with van der Waals surface area (Å²) in [6.45, 7) is 0.106. The van der Waals surface area contributed by atoms with Crippen molar-refractivity contribution in [2.75, 3.05) is 12.4 Å². The molecule has 0 aliphatic carbocycles. The Labute approximate surface area is 170 Å². The summed E-state index contributed by atoms with van der Waals surface area (Å²) in [5.74, 6) is 1.10. The number of carbonyl (C=O) groups is 1. The van der Waals surface area contributed by atoms with E-state index in [1.54, 1.807) is 48.5 Å². The van der Waals surface area contributed by atoms with Gasteiger partial charge in [0.2, 0.25) is 0 Å². The SMILES string of the molecule is COc1ccc(Cl)cc1NC(=O)c1ccc(COc2ccc(Cl)cc2Cl)o1. The van der Waals surface area contributed by atoms with Gasteiger partial charge in [0.25, 0.3) is 5.91 Å². The molecule has 5 nitrogen and oxygen atoms in total. The molecule has 3 aromatic rings. The molecule has 8 heteroatoms. The normalized spacial score (nSPS) is 10.5. The fourth-order valence-corrected chi connectivity index (χ4v) is 2.92. The molecule has 27 heavy (non-hydrogen) atoms. The van der Waals surface area contributed by atoms with Crippen molar-refractivity contribution in [3.8, 4) is 11.5 Å². The molecule has 0 saturated heterocycles. The molecule has 1 N–H and O–H groups in total. The highest BCUT2D eigenvalue weighted by Crippen LogP contribution is 2.29. The Kier molecular flexibility index (Phi) is 6.16. The van der Waals surface area contributed by atoms with E-state index in [2.05, 4.69) is 5.32 Å². The van der Waals surface area contributed by atoms with E-state index in [0.29, 0.717) is 38.0 Å². The highest BCUT2D eigenvalue weighted by molar-refractivity contribution is 6.35. The third-order valence-electron chi connectivity index (χ3n) is 3.56. The summed E-state index contributed by atoms with van der Waals surface area (Å²) >= 11 is 17.9. The van der Waals surface area contributed by atoms with Crippen LogP contribution >= 0.6 is 34.8 Å². The van der Waals surface area contributed by atoms with Crippen molar-refractivity contribution >= 4 is 46.4 Å². The van der Waals surface area contributed by atoms with E-state index in [-0.39, 0.29) is 12.4 Å². The smallest absolute Gasteiger partial charge is 0.291 e.